The van der Waals surface area contributed by atoms with Crippen LogP contribution in [0.1, 0.15) is 114 Å². The minimum Gasteiger partial charge on any atom is -0.299 e. The lowest BCUT2D eigenvalue weighted by Gasteiger charge is -2.44. The molecular formula is C25H44O4. The molecule has 0 amide bonds. The number of hydrogen-bond acceptors (Lipinski definition) is 4. The highest BCUT2D eigenvalue weighted by Gasteiger charge is 2.49. The molecule has 0 heterocycles. The molecule has 0 aliphatic rings. The summed E-state index contributed by atoms with van der Waals surface area (Å²) in [6, 6.07) is 0. The topological polar surface area (TPSA) is 68.3 Å². The first kappa shape index (κ1) is 27.7. The van der Waals surface area contributed by atoms with Crippen LogP contribution in [0.25, 0.3) is 0 Å². The van der Waals surface area contributed by atoms with E-state index in [2.05, 4.69) is 0 Å². The van der Waals surface area contributed by atoms with Crippen LogP contribution in [0.5, 0.6) is 0 Å². The number of carbonyl (C=O) groups excluding carboxylic acids is 4. The van der Waals surface area contributed by atoms with Gasteiger partial charge in [0.2, 0.25) is 0 Å². The monoisotopic (exact) mass is 408 g/mol. The van der Waals surface area contributed by atoms with E-state index in [1.807, 2.05) is 69.2 Å². The highest BCUT2D eigenvalue weighted by molar-refractivity contribution is 5.91. The Morgan fingerprint density at radius 3 is 0.897 bits per heavy atom. The average molecular weight is 409 g/mol. The Balaban J connectivity index is 6.23. The van der Waals surface area contributed by atoms with Gasteiger partial charge in [-0.3, -0.25) is 19.2 Å². The SMILES string of the molecule is CCC(=O)C(C)(C)CC(C)(CC(C)(CC(C)(C)C(=O)CC)C(=O)CC)C(=O)CC. The molecule has 0 radical (unpaired) electrons. The van der Waals surface area contributed by atoms with Gasteiger partial charge in [0, 0.05) is 47.3 Å². The molecule has 0 aliphatic carbocycles. The molecular weight excluding hydrogens is 364 g/mol. The Bertz CT molecular complexity index is 575. The smallest absolute Gasteiger partial charge is 0.138 e. The van der Waals surface area contributed by atoms with Gasteiger partial charge in [0.1, 0.15) is 23.1 Å². The second-order valence-electron chi connectivity index (χ2n) is 10.5. The summed E-state index contributed by atoms with van der Waals surface area (Å²) in [7, 11) is 0. The van der Waals surface area contributed by atoms with Crippen LogP contribution < -0.4 is 0 Å². The molecule has 168 valence electrons. The lowest BCUT2D eigenvalue weighted by Crippen LogP contribution is -2.45. The zero-order valence-corrected chi connectivity index (χ0v) is 20.6. The molecule has 0 aromatic carbocycles. The summed E-state index contributed by atoms with van der Waals surface area (Å²) in [4.78, 5) is 51.2. The second kappa shape index (κ2) is 10.1. The van der Waals surface area contributed by atoms with Gasteiger partial charge in [-0.2, -0.15) is 0 Å². The number of rotatable bonds is 14. The Morgan fingerprint density at radius 1 is 0.448 bits per heavy atom. The van der Waals surface area contributed by atoms with E-state index in [0.717, 1.165) is 0 Å². The molecule has 0 saturated heterocycles. The van der Waals surface area contributed by atoms with E-state index in [9.17, 15) is 19.2 Å². The molecule has 0 fully saturated rings. The van der Waals surface area contributed by atoms with Gasteiger partial charge >= 0.3 is 0 Å². The minimum absolute atomic E-state index is 0.0734. The summed E-state index contributed by atoms with van der Waals surface area (Å²) < 4.78 is 0. The zero-order valence-electron chi connectivity index (χ0n) is 20.6. The maximum absolute atomic E-state index is 13.1. The van der Waals surface area contributed by atoms with Crippen molar-refractivity contribution in [3.8, 4) is 0 Å². The summed E-state index contributed by atoms with van der Waals surface area (Å²) in [5.41, 5.74) is -2.87. The van der Waals surface area contributed by atoms with Crippen molar-refractivity contribution in [2.75, 3.05) is 0 Å². The van der Waals surface area contributed by atoms with Crippen molar-refractivity contribution in [2.24, 2.45) is 21.7 Å². The summed E-state index contributed by atoms with van der Waals surface area (Å²) >= 11 is 0. The van der Waals surface area contributed by atoms with Gasteiger partial charge in [0.05, 0.1) is 0 Å². The normalized spacial score (nSPS) is 16.6. The number of hydrogen-bond donors (Lipinski definition) is 0. The fourth-order valence-electron chi connectivity index (χ4n) is 5.34. The van der Waals surface area contributed by atoms with Gasteiger partial charge in [-0.25, -0.2) is 0 Å². The first-order valence-electron chi connectivity index (χ1n) is 11.2. The van der Waals surface area contributed by atoms with E-state index >= 15 is 0 Å². The predicted octanol–water partition coefficient (Wildman–Crippen LogP) is 6.14. The fourth-order valence-corrected chi connectivity index (χ4v) is 5.34. The molecule has 0 aliphatic heterocycles. The molecule has 0 aromatic rings. The Kier molecular flexibility index (Phi) is 9.67. The van der Waals surface area contributed by atoms with Crippen LogP contribution in [0.15, 0.2) is 0 Å². The third-order valence-corrected chi connectivity index (χ3v) is 6.59. The molecule has 2 unspecified atom stereocenters. The van der Waals surface area contributed by atoms with Crippen molar-refractivity contribution in [2.45, 2.75) is 114 Å². The standard InChI is InChI=1S/C25H44O4/c1-11-18(26)22(5,6)15-24(9,20(28)13-3)17-25(10,21(29)14-4)16-23(7,8)19(27)12-2/h11-17H2,1-10H3. The molecule has 29 heavy (non-hydrogen) atoms. The van der Waals surface area contributed by atoms with E-state index < -0.39 is 21.7 Å². The Labute approximate surface area is 178 Å². The molecule has 2 atom stereocenters. The number of ketones is 4. The van der Waals surface area contributed by atoms with Crippen molar-refractivity contribution in [1.82, 2.24) is 0 Å². The summed E-state index contributed by atoms with van der Waals surface area (Å²) in [6.07, 6.45) is 2.75. The van der Waals surface area contributed by atoms with Gasteiger partial charge in [-0.1, -0.05) is 69.2 Å². The van der Waals surface area contributed by atoms with Crippen LogP contribution in [0.2, 0.25) is 0 Å². The fraction of sp³-hybridized carbons (Fsp3) is 0.840. The first-order chi connectivity index (χ1) is 13.0. The minimum atomic E-state index is -0.798. The highest BCUT2D eigenvalue weighted by atomic mass is 16.1. The summed E-state index contributed by atoms with van der Waals surface area (Å²) in [6.45, 7) is 18.7. The molecule has 4 nitrogen and oxygen atoms in total. The van der Waals surface area contributed by atoms with Crippen molar-refractivity contribution in [3.05, 3.63) is 0 Å². The van der Waals surface area contributed by atoms with Gasteiger partial charge in [0.15, 0.2) is 0 Å². The van der Waals surface area contributed by atoms with Crippen molar-refractivity contribution >= 4 is 23.1 Å². The quantitative estimate of drug-likeness (QED) is 0.346. The van der Waals surface area contributed by atoms with Crippen molar-refractivity contribution in [1.29, 1.82) is 0 Å². The van der Waals surface area contributed by atoms with Crippen LogP contribution in [0, 0.1) is 21.7 Å². The van der Waals surface area contributed by atoms with Crippen LogP contribution in [0.3, 0.4) is 0 Å². The first-order valence-corrected chi connectivity index (χ1v) is 11.2. The summed E-state index contributed by atoms with van der Waals surface area (Å²) in [5.74, 6) is 0.392. The van der Waals surface area contributed by atoms with Gasteiger partial charge < -0.3 is 0 Å². The lowest BCUT2D eigenvalue weighted by atomic mass is 9.58. The highest BCUT2D eigenvalue weighted by Crippen LogP contribution is 2.49. The van der Waals surface area contributed by atoms with E-state index in [1.54, 1.807) is 0 Å². The number of Topliss-reactive ketones (excluding diaryl/α,β-unsaturated/α-hetero) is 4. The van der Waals surface area contributed by atoms with E-state index in [0.29, 0.717) is 44.9 Å². The zero-order chi connectivity index (χ0) is 23.3. The lowest BCUT2D eigenvalue weighted by molar-refractivity contribution is -0.141. The van der Waals surface area contributed by atoms with E-state index in [4.69, 9.17) is 0 Å². The van der Waals surface area contributed by atoms with Crippen LogP contribution >= 0.6 is 0 Å². The number of carbonyl (C=O) groups is 4. The average Bonchev–Trinajstić information content (AvgIpc) is 2.63. The van der Waals surface area contributed by atoms with Crippen LogP contribution in [-0.2, 0) is 19.2 Å². The van der Waals surface area contributed by atoms with Gasteiger partial charge in [-0.05, 0) is 19.3 Å². The molecule has 0 aromatic heterocycles. The molecule has 0 rings (SSSR count). The molecule has 0 saturated carbocycles. The molecule has 0 spiro atoms. The van der Waals surface area contributed by atoms with Crippen molar-refractivity contribution < 1.29 is 19.2 Å². The van der Waals surface area contributed by atoms with E-state index in [-0.39, 0.29) is 23.1 Å². The third kappa shape index (κ3) is 6.86. The van der Waals surface area contributed by atoms with Crippen LogP contribution in [0.4, 0.5) is 0 Å². The van der Waals surface area contributed by atoms with Gasteiger partial charge in [-0.15, -0.1) is 0 Å². The van der Waals surface area contributed by atoms with Gasteiger partial charge in [0.25, 0.3) is 0 Å². The maximum atomic E-state index is 13.1. The largest absolute Gasteiger partial charge is 0.299 e. The van der Waals surface area contributed by atoms with Crippen molar-refractivity contribution in [3.63, 3.8) is 0 Å². The van der Waals surface area contributed by atoms with E-state index in [1.165, 1.54) is 0 Å². The molecule has 4 heteroatoms. The maximum Gasteiger partial charge on any atom is 0.138 e. The summed E-state index contributed by atoms with van der Waals surface area (Å²) in [5, 5.41) is 0. The Morgan fingerprint density at radius 2 is 0.690 bits per heavy atom. The Hall–Kier alpha value is -1.32. The third-order valence-electron chi connectivity index (χ3n) is 6.59. The second-order valence-corrected chi connectivity index (χ2v) is 10.5. The molecule has 0 N–H and O–H groups in total. The molecule has 0 bridgehead atoms. The van der Waals surface area contributed by atoms with Crippen LogP contribution in [-0.4, -0.2) is 23.1 Å². The predicted molar refractivity (Wildman–Crippen MR) is 119 cm³/mol.